The predicted molar refractivity (Wildman–Crippen MR) is 100 cm³/mol. The minimum Gasteiger partial charge on any atom is -0.396 e. The van der Waals surface area contributed by atoms with Gasteiger partial charge >= 0.3 is 0 Å². The van der Waals surface area contributed by atoms with Gasteiger partial charge in [-0.2, -0.15) is 0 Å². The van der Waals surface area contributed by atoms with Crippen LogP contribution in [0.1, 0.15) is 47.0 Å². The number of fused-ring (bicyclic) bond motifs is 1. The van der Waals surface area contributed by atoms with E-state index in [0.717, 1.165) is 23.7 Å². The lowest BCUT2D eigenvalue weighted by Gasteiger charge is -2.48. The molecule has 126 valence electrons. The van der Waals surface area contributed by atoms with Crippen LogP contribution in [0.15, 0.2) is 11.6 Å². The molecule has 0 aromatic carbocycles. The third-order valence-electron chi connectivity index (χ3n) is 6.09. The van der Waals surface area contributed by atoms with Crippen molar-refractivity contribution in [1.29, 1.82) is 0 Å². The SMILES string of the molecule is CC1=C[C@@H]2[C@H]([C@H](C)CI)CC(=O)C[C@@H]2[C@H]([C@H](CO)C(C)C)C1. The van der Waals surface area contributed by atoms with E-state index in [1.54, 1.807) is 0 Å². The van der Waals surface area contributed by atoms with Gasteiger partial charge < -0.3 is 5.11 Å². The highest BCUT2D eigenvalue weighted by Gasteiger charge is 2.45. The maximum absolute atomic E-state index is 12.4. The summed E-state index contributed by atoms with van der Waals surface area (Å²) in [7, 11) is 0. The van der Waals surface area contributed by atoms with Gasteiger partial charge in [-0.3, -0.25) is 4.79 Å². The van der Waals surface area contributed by atoms with Gasteiger partial charge in [0.05, 0.1) is 0 Å². The first-order chi connectivity index (χ1) is 10.4. The Morgan fingerprint density at radius 1 is 1.23 bits per heavy atom. The molecule has 0 bridgehead atoms. The molecule has 22 heavy (non-hydrogen) atoms. The number of aliphatic hydroxyl groups excluding tert-OH is 1. The van der Waals surface area contributed by atoms with Crippen LogP contribution in [0.2, 0.25) is 0 Å². The normalized spacial score (nSPS) is 35.0. The lowest BCUT2D eigenvalue weighted by molar-refractivity contribution is -0.127. The van der Waals surface area contributed by atoms with Crippen LogP contribution < -0.4 is 0 Å². The summed E-state index contributed by atoms with van der Waals surface area (Å²) in [5.41, 5.74) is 1.46. The molecule has 0 aliphatic heterocycles. The standard InChI is InChI=1S/C19H31IO2/c1-11(2)19(10-21)17-6-12(3)5-16-15(13(4)9-20)7-14(22)8-18(16)17/h5,11,13,15-19,21H,6-10H2,1-4H3/t13-,15+,16-,17-,18+,19-/m1/s1. The van der Waals surface area contributed by atoms with Crippen molar-refractivity contribution < 1.29 is 9.90 Å². The quantitative estimate of drug-likeness (QED) is 0.406. The van der Waals surface area contributed by atoms with Crippen molar-refractivity contribution in [3.05, 3.63) is 11.6 Å². The zero-order chi connectivity index (χ0) is 16.4. The van der Waals surface area contributed by atoms with Crippen LogP contribution >= 0.6 is 22.6 Å². The molecule has 2 aliphatic carbocycles. The maximum atomic E-state index is 12.4. The fourth-order valence-corrected chi connectivity index (χ4v) is 5.46. The Kier molecular flexibility index (Phi) is 6.52. The van der Waals surface area contributed by atoms with E-state index in [2.05, 4.69) is 56.4 Å². The molecule has 2 nitrogen and oxygen atoms in total. The molecular weight excluding hydrogens is 387 g/mol. The molecule has 0 saturated heterocycles. The number of hydrogen-bond acceptors (Lipinski definition) is 2. The fraction of sp³-hybridized carbons (Fsp3) is 0.842. The number of hydrogen-bond donors (Lipinski definition) is 1. The average Bonchev–Trinajstić information content (AvgIpc) is 2.46. The van der Waals surface area contributed by atoms with E-state index in [-0.39, 0.29) is 6.61 Å². The lowest BCUT2D eigenvalue weighted by atomic mass is 9.57. The van der Waals surface area contributed by atoms with Crippen molar-refractivity contribution in [3.8, 4) is 0 Å². The van der Waals surface area contributed by atoms with Crippen LogP contribution in [0.25, 0.3) is 0 Å². The zero-order valence-corrected chi connectivity index (χ0v) is 16.5. The van der Waals surface area contributed by atoms with Crippen molar-refractivity contribution in [3.63, 3.8) is 0 Å². The summed E-state index contributed by atoms with van der Waals surface area (Å²) >= 11 is 2.46. The molecule has 3 heteroatoms. The molecule has 0 spiro atoms. The Bertz CT molecular complexity index is 429. The summed E-state index contributed by atoms with van der Waals surface area (Å²) in [5, 5.41) is 9.91. The molecule has 0 radical (unpaired) electrons. The highest BCUT2D eigenvalue weighted by atomic mass is 127. The lowest BCUT2D eigenvalue weighted by Crippen LogP contribution is -2.44. The van der Waals surface area contributed by atoms with Gasteiger partial charge in [-0.15, -0.1) is 0 Å². The second-order valence-electron chi connectivity index (χ2n) is 7.96. The number of ketones is 1. The molecule has 6 atom stereocenters. The van der Waals surface area contributed by atoms with Gasteiger partial charge in [0.15, 0.2) is 0 Å². The third-order valence-corrected chi connectivity index (χ3v) is 7.48. The van der Waals surface area contributed by atoms with Crippen LogP contribution in [0.4, 0.5) is 0 Å². The fourth-order valence-electron chi connectivity index (χ4n) is 4.81. The highest BCUT2D eigenvalue weighted by molar-refractivity contribution is 14.1. The highest BCUT2D eigenvalue weighted by Crippen LogP contribution is 2.50. The Labute approximate surface area is 149 Å². The first-order valence-corrected chi connectivity index (χ1v) is 10.3. The summed E-state index contributed by atoms with van der Waals surface area (Å²) in [5.74, 6) is 3.76. The zero-order valence-electron chi connectivity index (χ0n) is 14.4. The minimum absolute atomic E-state index is 0.250. The van der Waals surface area contributed by atoms with E-state index in [1.807, 2.05) is 0 Å². The van der Waals surface area contributed by atoms with E-state index in [9.17, 15) is 9.90 Å². The maximum Gasteiger partial charge on any atom is 0.133 e. The van der Waals surface area contributed by atoms with Gasteiger partial charge in [0.2, 0.25) is 0 Å². The summed E-state index contributed by atoms with van der Waals surface area (Å²) in [6.45, 7) is 9.20. The number of aliphatic hydroxyl groups is 1. The number of alkyl halides is 1. The summed E-state index contributed by atoms with van der Waals surface area (Å²) < 4.78 is 1.12. The van der Waals surface area contributed by atoms with Crippen LogP contribution in [0.5, 0.6) is 0 Å². The van der Waals surface area contributed by atoms with Gasteiger partial charge in [0.25, 0.3) is 0 Å². The van der Waals surface area contributed by atoms with Gasteiger partial charge in [-0.05, 0) is 54.8 Å². The second-order valence-corrected chi connectivity index (χ2v) is 8.84. The van der Waals surface area contributed by atoms with Crippen molar-refractivity contribution in [1.82, 2.24) is 0 Å². The largest absolute Gasteiger partial charge is 0.396 e. The number of Topliss-reactive ketones (excluding diaryl/α,β-unsaturated/α-hetero) is 1. The molecule has 1 fully saturated rings. The molecule has 0 heterocycles. The first kappa shape index (κ1) is 18.4. The third kappa shape index (κ3) is 3.77. The number of carbonyl (C=O) groups excluding carboxylic acids is 1. The molecular formula is C19H31IO2. The van der Waals surface area contributed by atoms with Crippen molar-refractivity contribution in [2.24, 2.45) is 41.4 Å². The van der Waals surface area contributed by atoms with Crippen molar-refractivity contribution >= 4 is 28.4 Å². The number of allylic oxidation sites excluding steroid dienone is 2. The molecule has 0 amide bonds. The van der Waals surface area contributed by atoms with Crippen LogP contribution in [-0.2, 0) is 4.79 Å². The molecule has 0 aromatic heterocycles. The number of rotatable bonds is 5. The minimum atomic E-state index is 0.250. The molecule has 2 rings (SSSR count). The Morgan fingerprint density at radius 2 is 1.91 bits per heavy atom. The van der Waals surface area contributed by atoms with Crippen molar-refractivity contribution in [2.75, 3.05) is 11.0 Å². The van der Waals surface area contributed by atoms with E-state index in [1.165, 1.54) is 5.57 Å². The van der Waals surface area contributed by atoms with Gasteiger partial charge in [0, 0.05) is 23.9 Å². The molecule has 2 aliphatic rings. The van der Waals surface area contributed by atoms with Crippen LogP contribution in [0.3, 0.4) is 0 Å². The van der Waals surface area contributed by atoms with E-state index < -0.39 is 0 Å². The van der Waals surface area contributed by atoms with E-state index in [0.29, 0.717) is 47.2 Å². The van der Waals surface area contributed by atoms with Gasteiger partial charge in [0.1, 0.15) is 5.78 Å². The predicted octanol–water partition coefficient (Wildman–Crippen LogP) is 4.50. The molecule has 0 unspecified atom stereocenters. The smallest absolute Gasteiger partial charge is 0.133 e. The number of halogens is 1. The van der Waals surface area contributed by atoms with Gasteiger partial charge in [-0.1, -0.05) is 55.0 Å². The average molecular weight is 418 g/mol. The molecule has 1 saturated carbocycles. The second kappa shape index (κ2) is 7.78. The monoisotopic (exact) mass is 418 g/mol. The summed E-state index contributed by atoms with van der Waals surface area (Å²) in [6.07, 6.45) is 5.01. The topological polar surface area (TPSA) is 37.3 Å². The van der Waals surface area contributed by atoms with Crippen molar-refractivity contribution in [2.45, 2.75) is 47.0 Å². The first-order valence-electron chi connectivity index (χ1n) is 8.74. The Hall–Kier alpha value is 0.1000. The number of carbonyl (C=O) groups is 1. The molecule has 0 aromatic rings. The Morgan fingerprint density at radius 3 is 2.45 bits per heavy atom. The molecule has 1 N–H and O–H groups in total. The Balaban J connectivity index is 2.33. The van der Waals surface area contributed by atoms with E-state index in [4.69, 9.17) is 0 Å². The van der Waals surface area contributed by atoms with E-state index >= 15 is 0 Å². The summed E-state index contributed by atoms with van der Waals surface area (Å²) in [6, 6.07) is 0. The van der Waals surface area contributed by atoms with Crippen LogP contribution in [-0.4, -0.2) is 21.9 Å². The van der Waals surface area contributed by atoms with Crippen LogP contribution in [0, 0.1) is 41.4 Å². The van der Waals surface area contributed by atoms with Gasteiger partial charge in [-0.25, -0.2) is 0 Å². The summed E-state index contributed by atoms with van der Waals surface area (Å²) in [4.78, 5) is 12.4.